The molecule has 2 aromatic rings. The Morgan fingerprint density at radius 3 is 2.73 bits per heavy atom. The molecular formula is C18H24N4O3S. The molecule has 7 nitrogen and oxygen atoms in total. The number of hydrogen-bond donors (Lipinski definition) is 0. The smallest absolute Gasteiger partial charge is 0.276 e. The third-order valence-electron chi connectivity index (χ3n) is 4.61. The molecule has 1 atom stereocenters. The van der Waals surface area contributed by atoms with Gasteiger partial charge in [-0.1, -0.05) is 48.9 Å². The summed E-state index contributed by atoms with van der Waals surface area (Å²) in [5.41, 5.74) is 1.34. The van der Waals surface area contributed by atoms with E-state index in [1.165, 1.54) is 0 Å². The van der Waals surface area contributed by atoms with Gasteiger partial charge in [-0.3, -0.25) is 4.79 Å². The van der Waals surface area contributed by atoms with Crippen LogP contribution >= 0.6 is 0 Å². The number of benzene rings is 1. The fraction of sp³-hybridized carbons (Fsp3) is 0.500. The number of unbranched alkanes of at least 4 members (excludes halogenated alkanes) is 1. The van der Waals surface area contributed by atoms with E-state index in [1.807, 2.05) is 37.3 Å². The molecule has 2 heterocycles. The molecule has 1 unspecified atom stereocenters. The van der Waals surface area contributed by atoms with E-state index in [-0.39, 0.29) is 29.1 Å². The first-order valence-electron chi connectivity index (χ1n) is 8.94. The van der Waals surface area contributed by atoms with Gasteiger partial charge in [0.05, 0.1) is 24.2 Å². The summed E-state index contributed by atoms with van der Waals surface area (Å²) in [5.74, 6) is -0.0469. The lowest BCUT2D eigenvalue weighted by atomic mass is 10.2. The zero-order valence-electron chi connectivity index (χ0n) is 14.9. The van der Waals surface area contributed by atoms with Crippen molar-refractivity contribution in [2.24, 2.45) is 0 Å². The average Bonchev–Trinajstić information content (AvgIpc) is 3.22. The van der Waals surface area contributed by atoms with Crippen LogP contribution < -0.4 is 0 Å². The first-order valence-corrected chi connectivity index (χ1v) is 10.8. The predicted octanol–water partition coefficient (Wildman–Crippen LogP) is 1.76. The molecule has 140 valence electrons. The van der Waals surface area contributed by atoms with Crippen LogP contribution in [-0.2, 0) is 16.4 Å². The molecule has 1 aliphatic rings. The van der Waals surface area contributed by atoms with Crippen LogP contribution in [0, 0.1) is 0 Å². The number of carbonyl (C=O) groups excluding carboxylic acids is 1. The number of nitrogens with zero attached hydrogens (tertiary/aromatic N) is 4. The molecule has 1 aromatic heterocycles. The van der Waals surface area contributed by atoms with Gasteiger partial charge in [-0.2, -0.15) is 0 Å². The summed E-state index contributed by atoms with van der Waals surface area (Å²) in [4.78, 5) is 14.6. The summed E-state index contributed by atoms with van der Waals surface area (Å²) in [6.07, 6.45) is 3.90. The van der Waals surface area contributed by atoms with Gasteiger partial charge in [-0.25, -0.2) is 13.1 Å². The van der Waals surface area contributed by atoms with Crippen molar-refractivity contribution in [1.29, 1.82) is 0 Å². The fourth-order valence-corrected chi connectivity index (χ4v) is 4.92. The standard InChI is InChI=1S/C18H24N4O3S/c1-2-3-10-22(16-9-11-26(24,25)14-16)18(23)17-13-21(20-19-17)12-15-7-5-4-6-8-15/h4-8,13,16H,2-3,9-12,14H2,1H3. The topological polar surface area (TPSA) is 85.2 Å². The molecule has 8 heteroatoms. The highest BCUT2D eigenvalue weighted by Gasteiger charge is 2.35. The van der Waals surface area contributed by atoms with Crippen molar-refractivity contribution in [3.8, 4) is 0 Å². The Hall–Kier alpha value is -2.22. The zero-order valence-corrected chi connectivity index (χ0v) is 15.7. The Morgan fingerprint density at radius 1 is 1.31 bits per heavy atom. The van der Waals surface area contributed by atoms with Gasteiger partial charge in [0.25, 0.3) is 5.91 Å². The van der Waals surface area contributed by atoms with E-state index in [0.717, 1.165) is 18.4 Å². The van der Waals surface area contributed by atoms with Gasteiger partial charge in [-0.05, 0) is 18.4 Å². The van der Waals surface area contributed by atoms with Gasteiger partial charge >= 0.3 is 0 Å². The summed E-state index contributed by atoms with van der Waals surface area (Å²) in [7, 11) is -3.05. The molecule has 3 rings (SSSR count). The number of rotatable bonds is 7. The third kappa shape index (κ3) is 4.49. The summed E-state index contributed by atoms with van der Waals surface area (Å²) in [6, 6.07) is 9.55. The molecule has 1 amide bonds. The van der Waals surface area contributed by atoms with Gasteiger partial charge in [0.1, 0.15) is 0 Å². The number of amides is 1. The second-order valence-corrected chi connectivity index (χ2v) is 8.92. The van der Waals surface area contributed by atoms with Crippen LogP contribution in [0.5, 0.6) is 0 Å². The fourth-order valence-electron chi connectivity index (χ4n) is 3.19. The van der Waals surface area contributed by atoms with E-state index in [0.29, 0.717) is 19.5 Å². The van der Waals surface area contributed by atoms with Crippen molar-refractivity contribution >= 4 is 15.7 Å². The van der Waals surface area contributed by atoms with Crippen LogP contribution in [0.25, 0.3) is 0 Å². The number of carbonyl (C=O) groups is 1. The number of sulfone groups is 1. The second-order valence-electron chi connectivity index (χ2n) is 6.70. The minimum atomic E-state index is -3.05. The van der Waals surface area contributed by atoms with Crippen molar-refractivity contribution in [2.75, 3.05) is 18.1 Å². The van der Waals surface area contributed by atoms with E-state index >= 15 is 0 Å². The Morgan fingerprint density at radius 2 is 2.08 bits per heavy atom. The highest BCUT2D eigenvalue weighted by atomic mass is 32.2. The van der Waals surface area contributed by atoms with Gasteiger partial charge in [-0.15, -0.1) is 5.10 Å². The van der Waals surface area contributed by atoms with Crippen molar-refractivity contribution in [3.05, 3.63) is 47.8 Å². The largest absolute Gasteiger partial charge is 0.333 e. The third-order valence-corrected chi connectivity index (χ3v) is 6.36. The first kappa shape index (κ1) is 18.6. The van der Waals surface area contributed by atoms with E-state index in [9.17, 15) is 13.2 Å². The van der Waals surface area contributed by atoms with Crippen molar-refractivity contribution < 1.29 is 13.2 Å². The van der Waals surface area contributed by atoms with Gasteiger partial charge in [0.15, 0.2) is 15.5 Å². The average molecular weight is 376 g/mol. The maximum absolute atomic E-state index is 12.9. The lowest BCUT2D eigenvalue weighted by Gasteiger charge is -2.27. The van der Waals surface area contributed by atoms with Crippen LogP contribution in [0.15, 0.2) is 36.5 Å². The van der Waals surface area contributed by atoms with Gasteiger partial charge in [0, 0.05) is 12.6 Å². The van der Waals surface area contributed by atoms with E-state index in [4.69, 9.17) is 0 Å². The molecule has 1 fully saturated rings. The van der Waals surface area contributed by atoms with Gasteiger partial charge in [0.2, 0.25) is 0 Å². The summed E-state index contributed by atoms with van der Waals surface area (Å²) >= 11 is 0. The molecule has 0 spiro atoms. The Labute approximate surface area is 153 Å². The minimum Gasteiger partial charge on any atom is -0.333 e. The lowest BCUT2D eigenvalue weighted by molar-refractivity contribution is 0.0688. The highest BCUT2D eigenvalue weighted by molar-refractivity contribution is 7.91. The number of aromatic nitrogens is 3. The van der Waals surface area contributed by atoms with Crippen LogP contribution in [0.1, 0.15) is 42.2 Å². The molecule has 0 radical (unpaired) electrons. The zero-order chi connectivity index (χ0) is 18.6. The van der Waals surface area contributed by atoms with Crippen molar-refractivity contribution in [3.63, 3.8) is 0 Å². The van der Waals surface area contributed by atoms with Crippen LogP contribution in [-0.4, -0.2) is 58.3 Å². The molecule has 26 heavy (non-hydrogen) atoms. The quantitative estimate of drug-likeness (QED) is 0.735. The lowest BCUT2D eigenvalue weighted by Crippen LogP contribution is -2.42. The van der Waals surface area contributed by atoms with E-state index in [2.05, 4.69) is 10.3 Å². The molecule has 0 saturated carbocycles. The van der Waals surface area contributed by atoms with Crippen LogP contribution in [0.4, 0.5) is 0 Å². The Bertz CT molecular complexity index is 848. The second kappa shape index (κ2) is 7.99. The molecular weight excluding hydrogens is 352 g/mol. The van der Waals surface area contributed by atoms with Gasteiger partial charge < -0.3 is 4.90 Å². The Kier molecular flexibility index (Phi) is 5.70. The summed E-state index contributed by atoms with van der Waals surface area (Å²) in [6.45, 7) is 3.12. The molecule has 0 aliphatic carbocycles. The molecule has 0 bridgehead atoms. The molecule has 1 aliphatic heterocycles. The van der Waals surface area contributed by atoms with E-state index < -0.39 is 9.84 Å². The SMILES string of the molecule is CCCCN(C(=O)c1cn(Cc2ccccc2)nn1)C1CCS(=O)(=O)C1. The monoisotopic (exact) mass is 376 g/mol. The first-order chi connectivity index (χ1) is 12.5. The van der Waals surface area contributed by atoms with Crippen LogP contribution in [0.3, 0.4) is 0 Å². The summed E-state index contributed by atoms with van der Waals surface area (Å²) < 4.78 is 25.3. The molecule has 0 N–H and O–H groups in total. The van der Waals surface area contributed by atoms with E-state index in [1.54, 1.807) is 15.8 Å². The number of hydrogen-bond acceptors (Lipinski definition) is 5. The summed E-state index contributed by atoms with van der Waals surface area (Å²) in [5, 5.41) is 8.07. The van der Waals surface area contributed by atoms with Crippen molar-refractivity contribution in [2.45, 2.75) is 38.8 Å². The minimum absolute atomic E-state index is 0.0423. The Balaban J connectivity index is 1.74. The maximum Gasteiger partial charge on any atom is 0.276 e. The maximum atomic E-state index is 12.9. The van der Waals surface area contributed by atoms with Crippen molar-refractivity contribution in [1.82, 2.24) is 19.9 Å². The predicted molar refractivity (Wildman–Crippen MR) is 98.6 cm³/mol. The molecule has 1 aromatic carbocycles. The highest BCUT2D eigenvalue weighted by Crippen LogP contribution is 2.20. The normalized spacial score (nSPS) is 18.7. The molecule has 1 saturated heterocycles. The van der Waals surface area contributed by atoms with Crippen LogP contribution in [0.2, 0.25) is 0 Å².